The first-order chi connectivity index (χ1) is 21.0. The molecule has 0 spiro atoms. The largest absolute Gasteiger partial charge is 0.497 e. The molecule has 0 fully saturated rings. The summed E-state index contributed by atoms with van der Waals surface area (Å²) >= 11 is 0. The maximum Gasteiger partial charge on any atom is 0.253 e. The van der Waals surface area contributed by atoms with Gasteiger partial charge in [0.15, 0.2) is 0 Å². The molecule has 0 saturated carbocycles. The molecule has 0 heterocycles. The molecule has 0 aliphatic heterocycles. The van der Waals surface area contributed by atoms with E-state index in [0.717, 1.165) is 36.6 Å². The highest BCUT2D eigenvalue weighted by Gasteiger charge is 2.29. The van der Waals surface area contributed by atoms with Crippen LogP contribution >= 0.6 is 0 Å². The van der Waals surface area contributed by atoms with Crippen LogP contribution in [0.2, 0.25) is 0 Å². The van der Waals surface area contributed by atoms with Crippen molar-refractivity contribution in [1.29, 1.82) is 0 Å². The van der Waals surface area contributed by atoms with E-state index in [9.17, 15) is 28.6 Å². The average Bonchev–Trinajstić information content (AvgIpc) is 2.99. The Morgan fingerprint density at radius 3 is 2.20 bits per heavy atom. The Hall–Kier alpha value is -3.86. The molecule has 0 bridgehead atoms. The fourth-order valence-electron chi connectivity index (χ4n) is 4.99. The number of rotatable bonds is 16. The molecule has 3 aromatic rings. The third-order valence-corrected chi connectivity index (χ3v) is 7.05. The Bertz CT molecular complexity index is 1380. The maximum absolute atomic E-state index is 14.0. The third kappa shape index (κ3) is 10.1. The molecule has 0 aliphatic carbocycles. The number of aliphatic hydroxyl groups excluding tert-OH is 2. The van der Waals surface area contributed by atoms with Gasteiger partial charge in [-0.15, -0.1) is 0 Å². The van der Waals surface area contributed by atoms with Crippen molar-refractivity contribution in [2.45, 2.75) is 64.9 Å². The SMILES string of the molecule is CCCN(CCC)C(=O)c1cc(C)cc(C(=O)N[C@@H](Cc2cc(F)cc(F)c2)[C@@H](O)[C@H](O)COCc2cccc(OC)c2)c1. The molecule has 3 aromatic carbocycles. The van der Waals surface area contributed by atoms with E-state index in [4.69, 9.17) is 9.47 Å². The standard InChI is InChI=1S/C34H42F2N2O6/c1-5-10-38(11-6-2)34(42)26-13-22(3)12-25(18-26)33(41)37-30(17-24-14-27(35)19-28(36)15-24)32(40)31(39)21-44-20-23-8-7-9-29(16-23)43-4/h7-9,12-16,18-19,30-32,39-40H,5-6,10-11,17,20-21H2,1-4H3,(H,37,41)/t30-,31+,32+/m0/s1. The molecule has 3 N–H and O–H groups in total. The number of halogens is 2. The minimum absolute atomic E-state index is 0.125. The molecular formula is C34H42F2N2O6. The van der Waals surface area contributed by atoms with Gasteiger partial charge < -0.3 is 29.9 Å². The van der Waals surface area contributed by atoms with Crippen LogP contribution in [0.5, 0.6) is 5.75 Å². The predicted octanol–water partition coefficient (Wildman–Crippen LogP) is 4.82. The summed E-state index contributed by atoms with van der Waals surface area (Å²) in [6.45, 7) is 6.74. The molecule has 0 radical (unpaired) electrons. The van der Waals surface area contributed by atoms with Crippen LogP contribution in [0.25, 0.3) is 0 Å². The Morgan fingerprint density at radius 2 is 1.57 bits per heavy atom. The number of nitrogens with one attached hydrogen (secondary N) is 1. The van der Waals surface area contributed by atoms with Gasteiger partial charge in [0, 0.05) is 30.3 Å². The Labute approximate surface area is 257 Å². The van der Waals surface area contributed by atoms with E-state index in [2.05, 4.69) is 5.32 Å². The smallest absolute Gasteiger partial charge is 0.253 e. The summed E-state index contributed by atoms with van der Waals surface area (Å²) in [5.74, 6) is -1.80. The van der Waals surface area contributed by atoms with Crippen LogP contribution in [-0.2, 0) is 17.8 Å². The molecule has 8 nitrogen and oxygen atoms in total. The van der Waals surface area contributed by atoms with Crippen LogP contribution < -0.4 is 10.1 Å². The van der Waals surface area contributed by atoms with Crippen molar-refractivity contribution in [2.24, 2.45) is 0 Å². The van der Waals surface area contributed by atoms with Gasteiger partial charge in [0.05, 0.1) is 26.4 Å². The van der Waals surface area contributed by atoms with Crippen LogP contribution in [0.15, 0.2) is 60.7 Å². The molecule has 0 aromatic heterocycles. The van der Waals surface area contributed by atoms with Crippen molar-refractivity contribution in [1.82, 2.24) is 10.2 Å². The zero-order valence-corrected chi connectivity index (χ0v) is 25.7. The van der Waals surface area contributed by atoms with Gasteiger partial charge in [-0.2, -0.15) is 0 Å². The quantitative estimate of drug-likeness (QED) is 0.214. The minimum atomic E-state index is -1.56. The summed E-state index contributed by atoms with van der Waals surface area (Å²) < 4.78 is 38.8. The first-order valence-electron chi connectivity index (χ1n) is 14.8. The van der Waals surface area contributed by atoms with E-state index < -0.39 is 35.8 Å². The lowest BCUT2D eigenvalue weighted by atomic mass is 9.96. The minimum Gasteiger partial charge on any atom is -0.497 e. The lowest BCUT2D eigenvalue weighted by molar-refractivity contribution is -0.0544. The molecule has 2 amide bonds. The van der Waals surface area contributed by atoms with Crippen LogP contribution in [0.4, 0.5) is 8.78 Å². The van der Waals surface area contributed by atoms with Gasteiger partial charge in [0.1, 0.15) is 29.6 Å². The van der Waals surface area contributed by atoms with Crippen LogP contribution in [0.1, 0.15) is 64.1 Å². The van der Waals surface area contributed by atoms with Gasteiger partial charge in [-0.3, -0.25) is 9.59 Å². The van der Waals surface area contributed by atoms with Gasteiger partial charge in [0.25, 0.3) is 11.8 Å². The number of aryl methyl sites for hydroxylation is 1. The van der Waals surface area contributed by atoms with Crippen molar-refractivity contribution in [3.63, 3.8) is 0 Å². The van der Waals surface area contributed by atoms with Crippen LogP contribution in [0.3, 0.4) is 0 Å². The number of carbonyl (C=O) groups is 2. The first kappa shape index (κ1) is 34.6. The number of benzene rings is 3. The van der Waals surface area contributed by atoms with E-state index in [1.165, 1.54) is 6.07 Å². The molecule has 10 heteroatoms. The number of nitrogens with zero attached hydrogens (tertiary/aromatic N) is 1. The topological polar surface area (TPSA) is 108 Å². The number of hydrogen-bond acceptors (Lipinski definition) is 6. The highest BCUT2D eigenvalue weighted by atomic mass is 19.1. The second kappa shape index (κ2) is 16.8. The molecule has 0 aliphatic rings. The van der Waals surface area contributed by atoms with Crippen molar-refractivity contribution in [3.8, 4) is 5.75 Å². The van der Waals surface area contributed by atoms with Gasteiger partial charge in [0.2, 0.25) is 0 Å². The summed E-state index contributed by atoms with van der Waals surface area (Å²) in [5, 5.41) is 24.6. The number of hydrogen-bond donors (Lipinski definition) is 3. The summed E-state index contributed by atoms with van der Waals surface area (Å²) in [6, 6.07) is 13.7. The number of methoxy groups -OCH3 is 1. The van der Waals surface area contributed by atoms with Gasteiger partial charge >= 0.3 is 0 Å². The van der Waals surface area contributed by atoms with Crippen molar-refractivity contribution >= 4 is 11.8 Å². The fraction of sp³-hybridized carbons (Fsp3) is 0.412. The molecule has 3 atom stereocenters. The molecule has 0 saturated heterocycles. The van der Waals surface area contributed by atoms with Gasteiger partial charge in [-0.25, -0.2) is 8.78 Å². The molecular weight excluding hydrogens is 570 g/mol. The average molecular weight is 613 g/mol. The van der Waals surface area contributed by atoms with Crippen molar-refractivity contribution < 1.29 is 38.1 Å². The van der Waals surface area contributed by atoms with Crippen LogP contribution in [-0.4, -0.2) is 72.0 Å². The lowest BCUT2D eigenvalue weighted by Gasteiger charge is -2.28. The van der Waals surface area contributed by atoms with Crippen LogP contribution in [0, 0.1) is 18.6 Å². The second-order valence-electron chi connectivity index (χ2n) is 10.9. The Morgan fingerprint density at radius 1 is 0.909 bits per heavy atom. The first-order valence-corrected chi connectivity index (χ1v) is 14.8. The highest BCUT2D eigenvalue weighted by molar-refractivity contribution is 6.00. The van der Waals surface area contributed by atoms with E-state index in [1.54, 1.807) is 49.3 Å². The summed E-state index contributed by atoms with van der Waals surface area (Å²) in [4.78, 5) is 28.5. The van der Waals surface area contributed by atoms with Gasteiger partial charge in [-0.05, 0) is 85.3 Å². The Balaban J connectivity index is 1.81. The van der Waals surface area contributed by atoms with E-state index >= 15 is 0 Å². The number of amides is 2. The fourth-order valence-corrected chi connectivity index (χ4v) is 4.99. The maximum atomic E-state index is 14.0. The van der Waals surface area contributed by atoms with E-state index in [0.29, 0.717) is 30.0 Å². The monoisotopic (exact) mass is 612 g/mol. The summed E-state index contributed by atoms with van der Waals surface area (Å²) in [5.41, 5.74) is 2.17. The van der Waals surface area contributed by atoms with E-state index in [-0.39, 0.29) is 36.7 Å². The molecule has 3 rings (SSSR count). The number of ether oxygens (including phenoxy) is 2. The zero-order valence-electron chi connectivity index (χ0n) is 25.7. The predicted molar refractivity (Wildman–Crippen MR) is 164 cm³/mol. The molecule has 44 heavy (non-hydrogen) atoms. The summed E-state index contributed by atoms with van der Waals surface area (Å²) in [7, 11) is 1.54. The second-order valence-corrected chi connectivity index (χ2v) is 10.9. The Kier molecular flexibility index (Phi) is 13.3. The van der Waals surface area contributed by atoms with E-state index in [1.807, 2.05) is 19.9 Å². The summed E-state index contributed by atoms with van der Waals surface area (Å²) in [6.07, 6.45) is -1.62. The lowest BCUT2D eigenvalue weighted by Crippen LogP contribution is -2.51. The highest BCUT2D eigenvalue weighted by Crippen LogP contribution is 2.18. The van der Waals surface area contributed by atoms with Crippen molar-refractivity contribution in [3.05, 3.63) is 100 Å². The molecule has 0 unspecified atom stereocenters. The van der Waals surface area contributed by atoms with Crippen molar-refractivity contribution in [2.75, 3.05) is 26.8 Å². The number of carbonyl (C=O) groups excluding carboxylic acids is 2. The normalized spacial score (nSPS) is 13.2. The third-order valence-electron chi connectivity index (χ3n) is 7.05. The number of aliphatic hydroxyl groups is 2. The van der Waals surface area contributed by atoms with Gasteiger partial charge in [-0.1, -0.05) is 26.0 Å². The zero-order chi connectivity index (χ0) is 32.2. The molecule has 238 valence electrons.